The van der Waals surface area contributed by atoms with Crippen LogP contribution >= 0.6 is 11.6 Å². The minimum Gasteiger partial charge on any atom is -0.313 e. The second kappa shape index (κ2) is 6.93. The summed E-state index contributed by atoms with van der Waals surface area (Å²) in [6.07, 6.45) is 0. The summed E-state index contributed by atoms with van der Waals surface area (Å²) < 4.78 is 0. The highest BCUT2D eigenvalue weighted by atomic mass is 35.5. The molecule has 0 fully saturated rings. The van der Waals surface area contributed by atoms with Crippen molar-refractivity contribution in [1.29, 1.82) is 0 Å². The normalized spacial score (nSPS) is 11.5. The molecule has 0 amide bonds. The minimum absolute atomic E-state index is 0.396. The van der Waals surface area contributed by atoms with Crippen molar-refractivity contribution >= 4 is 11.6 Å². The third-order valence-corrected chi connectivity index (χ3v) is 2.05. The quantitative estimate of drug-likeness (QED) is 0.767. The van der Waals surface area contributed by atoms with E-state index in [9.17, 15) is 0 Å². The summed E-state index contributed by atoms with van der Waals surface area (Å²) >= 11 is 5.74. The largest absolute Gasteiger partial charge is 0.313 e. The van der Waals surface area contributed by atoms with Gasteiger partial charge in [0.25, 0.3) is 0 Å². The molecule has 1 rings (SSSR count). The number of hydrogen-bond acceptors (Lipinski definition) is 1. The van der Waals surface area contributed by atoms with Gasteiger partial charge in [-0.05, 0) is 31.7 Å². The highest BCUT2D eigenvalue weighted by molar-refractivity contribution is 6.30. The molecule has 13 heavy (non-hydrogen) atoms. The maximum atomic E-state index is 5.74. The van der Waals surface area contributed by atoms with Crippen LogP contribution in [0.25, 0.3) is 0 Å². The van der Waals surface area contributed by atoms with Crippen molar-refractivity contribution in [3.8, 4) is 0 Å². The molecule has 2 heteroatoms. The number of nitrogens with one attached hydrogen (secondary N) is 1. The molecule has 0 bridgehead atoms. The third kappa shape index (κ3) is 4.30. The lowest BCUT2D eigenvalue weighted by Crippen LogP contribution is -2.11. The minimum atomic E-state index is 0.396. The lowest BCUT2D eigenvalue weighted by Gasteiger charge is -2.09. The van der Waals surface area contributed by atoms with E-state index in [4.69, 9.17) is 11.6 Å². The first kappa shape index (κ1) is 12.5. The summed E-state index contributed by atoms with van der Waals surface area (Å²) in [6.45, 7) is 6.11. The van der Waals surface area contributed by atoms with Crippen molar-refractivity contribution in [2.45, 2.75) is 26.8 Å². The number of hydrogen-bond donors (Lipinski definition) is 1. The Morgan fingerprint density at radius 3 is 2.00 bits per heavy atom. The van der Waals surface area contributed by atoms with Crippen LogP contribution in [0.4, 0.5) is 0 Å². The first-order valence-corrected chi connectivity index (χ1v) is 5.04. The van der Waals surface area contributed by atoms with Gasteiger partial charge in [-0.1, -0.05) is 37.6 Å². The van der Waals surface area contributed by atoms with Crippen molar-refractivity contribution in [3.63, 3.8) is 0 Å². The van der Waals surface area contributed by atoms with Gasteiger partial charge in [-0.15, -0.1) is 0 Å². The molecule has 0 aliphatic heterocycles. The summed E-state index contributed by atoms with van der Waals surface area (Å²) in [4.78, 5) is 0. The van der Waals surface area contributed by atoms with Crippen LogP contribution < -0.4 is 5.32 Å². The van der Waals surface area contributed by atoms with Crippen LogP contribution in [-0.4, -0.2) is 7.05 Å². The van der Waals surface area contributed by atoms with Gasteiger partial charge < -0.3 is 5.32 Å². The average molecular weight is 200 g/mol. The molecule has 0 unspecified atom stereocenters. The molecule has 0 saturated carbocycles. The Bertz CT molecular complexity index is 218. The lowest BCUT2D eigenvalue weighted by atomic mass is 10.1. The summed E-state index contributed by atoms with van der Waals surface area (Å²) in [5.41, 5.74) is 1.26. The molecular formula is C11H18ClN. The van der Waals surface area contributed by atoms with E-state index in [1.54, 1.807) is 0 Å². The van der Waals surface area contributed by atoms with Gasteiger partial charge in [0.1, 0.15) is 0 Å². The van der Waals surface area contributed by atoms with Crippen molar-refractivity contribution in [2.75, 3.05) is 7.05 Å². The lowest BCUT2D eigenvalue weighted by molar-refractivity contribution is 0.652. The van der Waals surface area contributed by atoms with E-state index in [2.05, 4.69) is 12.2 Å². The van der Waals surface area contributed by atoms with Crippen LogP contribution in [0.3, 0.4) is 0 Å². The van der Waals surface area contributed by atoms with Crippen molar-refractivity contribution in [1.82, 2.24) is 5.32 Å². The van der Waals surface area contributed by atoms with Gasteiger partial charge in [0.05, 0.1) is 0 Å². The third-order valence-electron chi connectivity index (χ3n) is 1.80. The van der Waals surface area contributed by atoms with Gasteiger partial charge in [0.2, 0.25) is 0 Å². The Morgan fingerprint density at radius 2 is 1.62 bits per heavy atom. The molecular weight excluding hydrogens is 182 g/mol. The Hall–Kier alpha value is -0.530. The van der Waals surface area contributed by atoms with Crippen LogP contribution in [0.2, 0.25) is 5.02 Å². The Morgan fingerprint density at radius 1 is 1.15 bits per heavy atom. The first-order valence-electron chi connectivity index (χ1n) is 4.67. The second-order valence-corrected chi connectivity index (χ2v) is 3.00. The van der Waals surface area contributed by atoms with Crippen LogP contribution in [0.1, 0.15) is 32.4 Å². The molecule has 0 aromatic heterocycles. The zero-order valence-electron chi connectivity index (χ0n) is 8.76. The number of rotatable bonds is 2. The summed E-state index contributed by atoms with van der Waals surface area (Å²) in [6, 6.07) is 8.27. The number of benzene rings is 1. The molecule has 0 spiro atoms. The van der Waals surface area contributed by atoms with E-state index in [-0.39, 0.29) is 0 Å². The molecule has 0 heterocycles. The Kier molecular flexibility index (Phi) is 6.65. The van der Waals surface area contributed by atoms with E-state index in [1.807, 2.05) is 45.2 Å². The van der Waals surface area contributed by atoms with Gasteiger partial charge in [0.15, 0.2) is 0 Å². The fraction of sp³-hybridized carbons (Fsp3) is 0.455. The van der Waals surface area contributed by atoms with Crippen molar-refractivity contribution < 1.29 is 0 Å². The zero-order chi connectivity index (χ0) is 10.3. The zero-order valence-corrected chi connectivity index (χ0v) is 9.52. The standard InChI is InChI=1S/C9H12ClN.C2H6/c1-7(11-2)8-3-5-9(10)6-4-8;1-2/h3-7,11H,1-2H3;1-2H3/t7-;/m0./s1. The average Bonchev–Trinajstić information content (AvgIpc) is 2.21. The molecule has 1 aromatic rings. The predicted molar refractivity (Wildman–Crippen MR) is 60.3 cm³/mol. The van der Waals surface area contributed by atoms with Crippen LogP contribution in [-0.2, 0) is 0 Å². The predicted octanol–water partition coefficient (Wildman–Crippen LogP) is 3.65. The van der Waals surface area contributed by atoms with Gasteiger partial charge in [-0.3, -0.25) is 0 Å². The van der Waals surface area contributed by atoms with Gasteiger partial charge in [0, 0.05) is 11.1 Å². The Labute approximate surface area is 86.1 Å². The molecule has 0 saturated heterocycles. The fourth-order valence-electron chi connectivity index (χ4n) is 0.918. The smallest absolute Gasteiger partial charge is 0.0406 e. The highest BCUT2D eigenvalue weighted by Gasteiger charge is 1.99. The molecule has 0 aliphatic rings. The van der Waals surface area contributed by atoms with Gasteiger partial charge >= 0.3 is 0 Å². The SMILES string of the molecule is CC.CN[C@@H](C)c1ccc(Cl)cc1. The number of halogens is 1. The molecule has 1 nitrogen and oxygen atoms in total. The molecule has 1 aromatic carbocycles. The first-order chi connectivity index (χ1) is 6.24. The molecule has 74 valence electrons. The van der Waals surface area contributed by atoms with Gasteiger partial charge in [-0.2, -0.15) is 0 Å². The Balaban J connectivity index is 0.000000671. The van der Waals surface area contributed by atoms with E-state index < -0.39 is 0 Å². The maximum Gasteiger partial charge on any atom is 0.0406 e. The molecule has 0 aliphatic carbocycles. The van der Waals surface area contributed by atoms with Crippen molar-refractivity contribution in [2.24, 2.45) is 0 Å². The van der Waals surface area contributed by atoms with Gasteiger partial charge in [-0.25, -0.2) is 0 Å². The van der Waals surface area contributed by atoms with Crippen LogP contribution in [0, 0.1) is 0 Å². The van der Waals surface area contributed by atoms with Crippen LogP contribution in [0.5, 0.6) is 0 Å². The topological polar surface area (TPSA) is 12.0 Å². The molecule has 1 atom stereocenters. The van der Waals surface area contributed by atoms with Crippen molar-refractivity contribution in [3.05, 3.63) is 34.9 Å². The van der Waals surface area contributed by atoms with E-state index in [1.165, 1.54) is 5.56 Å². The summed E-state index contributed by atoms with van der Waals surface area (Å²) in [5.74, 6) is 0. The molecule has 0 radical (unpaired) electrons. The van der Waals surface area contributed by atoms with E-state index in [0.717, 1.165) is 5.02 Å². The van der Waals surface area contributed by atoms with E-state index in [0.29, 0.717) is 6.04 Å². The second-order valence-electron chi connectivity index (χ2n) is 2.56. The maximum absolute atomic E-state index is 5.74. The highest BCUT2D eigenvalue weighted by Crippen LogP contribution is 2.14. The monoisotopic (exact) mass is 199 g/mol. The van der Waals surface area contributed by atoms with Crippen LogP contribution in [0.15, 0.2) is 24.3 Å². The summed E-state index contributed by atoms with van der Waals surface area (Å²) in [7, 11) is 1.94. The summed E-state index contributed by atoms with van der Waals surface area (Å²) in [5, 5.41) is 3.95. The fourth-order valence-corrected chi connectivity index (χ4v) is 1.04. The van der Waals surface area contributed by atoms with E-state index >= 15 is 0 Å². The molecule has 1 N–H and O–H groups in total.